The molecule has 240 valence electrons. The van der Waals surface area contributed by atoms with Crippen molar-refractivity contribution in [3.05, 3.63) is 94.8 Å². The van der Waals surface area contributed by atoms with E-state index in [-0.39, 0.29) is 34.3 Å². The van der Waals surface area contributed by atoms with Crippen molar-refractivity contribution >= 4 is 39.5 Å². The molecule has 1 aliphatic heterocycles. The highest BCUT2D eigenvalue weighted by Crippen LogP contribution is 2.41. The zero-order valence-electron chi connectivity index (χ0n) is 24.6. The molecule has 0 saturated carbocycles. The molecule has 45 heavy (non-hydrogen) atoms. The number of hydrogen-bond acceptors (Lipinski definition) is 9. The number of carboxylic acid groups (broad SMARTS) is 1. The van der Waals surface area contributed by atoms with E-state index in [1.165, 1.54) is 47.6 Å². The first-order chi connectivity index (χ1) is 21.1. The summed E-state index contributed by atoms with van der Waals surface area (Å²) in [6.07, 6.45) is -1.38. The average molecular weight is 663 g/mol. The normalized spacial score (nSPS) is 16.6. The molecule has 11 nitrogen and oxygen atoms in total. The first kappa shape index (κ1) is 33.8. The smallest absolute Gasteiger partial charge is 0.325 e. The monoisotopic (exact) mass is 662 g/mol. The predicted molar refractivity (Wildman–Crippen MR) is 160 cm³/mol. The molecule has 3 aromatic rings. The lowest BCUT2D eigenvalue weighted by atomic mass is 9.87. The third kappa shape index (κ3) is 7.44. The topological polar surface area (TPSA) is 163 Å². The lowest BCUT2D eigenvalue weighted by molar-refractivity contribution is -0.191. The molecule has 0 bridgehead atoms. The van der Waals surface area contributed by atoms with Crippen LogP contribution in [0.15, 0.2) is 77.7 Å². The van der Waals surface area contributed by atoms with Gasteiger partial charge in [0.05, 0.1) is 35.0 Å². The average Bonchev–Trinajstić information content (AvgIpc) is 2.96. The predicted octanol–water partition coefficient (Wildman–Crippen LogP) is 4.25. The second-order valence-corrected chi connectivity index (χ2v) is 13.2. The van der Waals surface area contributed by atoms with Crippen LogP contribution >= 0.6 is 11.6 Å². The fourth-order valence-electron chi connectivity index (χ4n) is 4.69. The Hall–Kier alpha value is -4.04. The van der Waals surface area contributed by atoms with Gasteiger partial charge in [0.15, 0.2) is 11.5 Å². The Morgan fingerprint density at radius 3 is 2.20 bits per heavy atom. The summed E-state index contributed by atoms with van der Waals surface area (Å²) in [5, 5.41) is 9.63. The number of benzene rings is 3. The first-order valence-corrected chi connectivity index (χ1v) is 15.7. The van der Waals surface area contributed by atoms with Crippen LogP contribution in [-0.2, 0) is 39.5 Å². The van der Waals surface area contributed by atoms with E-state index in [0.717, 1.165) is 6.07 Å². The molecule has 14 heteroatoms. The Morgan fingerprint density at radius 1 is 0.956 bits per heavy atom. The summed E-state index contributed by atoms with van der Waals surface area (Å²) in [5.74, 6) is -6.36. The van der Waals surface area contributed by atoms with E-state index in [1.54, 1.807) is 44.2 Å². The van der Waals surface area contributed by atoms with Gasteiger partial charge < -0.3 is 25.1 Å². The molecule has 0 spiro atoms. The SMILES string of the molecule is CC(OC(=O)C(C)C)OC(=O)[C@H](C(=O)O)C(N)c1cccc(S(=O)(=O)N2CC(Oc3ccc(F)c(Cl)c3)(c3ccccc3)C2)c1. The van der Waals surface area contributed by atoms with Crippen LogP contribution in [0.1, 0.15) is 37.9 Å². The number of esters is 2. The molecule has 3 atom stereocenters. The minimum atomic E-state index is -4.16. The maximum Gasteiger partial charge on any atom is 0.325 e. The number of carbonyl (C=O) groups excluding carboxylic acids is 2. The van der Waals surface area contributed by atoms with Crippen LogP contribution in [0.2, 0.25) is 5.02 Å². The van der Waals surface area contributed by atoms with Crippen LogP contribution in [0.4, 0.5) is 4.39 Å². The van der Waals surface area contributed by atoms with Gasteiger partial charge >= 0.3 is 17.9 Å². The highest BCUT2D eigenvalue weighted by molar-refractivity contribution is 7.89. The van der Waals surface area contributed by atoms with Crippen molar-refractivity contribution in [2.45, 2.75) is 43.6 Å². The van der Waals surface area contributed by atoms with Gasteiger partial charge in [0, 0.05) is 13.0 Å². The van der Waals surface area contributed by atoms with Crippen molar-refractivity contribution in [3.8, 4) is 5.75 Å². The van der Waals surface area contributed by atoms with Gasteiger partial charge in [-0.15, -0.1) is 0 Å². The standard InChI is InChI=1S/C31H32ClFN2O9S/c1-18(2)29(38)42-19(3)43-30(39)26(28(36)37)27(34)20-8-7-11-23(14-20)45(40,41)35-16-31(17-35,21-9-5-4-6-10-21)44-22-12-13-25(33)24(32)15-22/h4-15,18-19,26-27H,16-17,34H2,1-3H3,(H,36,37)/t19?,26-,27?/m0/s1. The van der Waals surface area contributed by atoms with Crippen LogP contribution < -0.4 is 10.5 Å². The van der Waals surface area contributed by atoms with E-state index in [0.29, 0.717) is 5.56 Å². The summed E-state index contributed by atoms with van der Waals surface area (Å²) in [5.41, 5.74) is 5.78. The molecule has 1 fully saturated rings. The van der Waals surface area contributed by atoms with Gasteiger partial charge in [0.2, 0.25) is 16.3 Å². The Labute approximate surface area is 264 Å². The van der Waals surface area contributed by atoms with Crippen molar-refractivity contribution in [3.63, 3.8) is 0 Å². The Morgan fingerprint density at radius 2 is 1.60 bits per heavy atom. The first-order valence-electron chi connectivity index (χ1n) is 13.8. The van der Waals surface area contributed by atoms with Crippen molar-refractivity contribution < 1.29 is 46.5 Å². The molecule has 4 rings (SSSR count). The number of ether oxygens (including phenoxy) is 3. The second-order valence-electron chi connectivity index (χ2n) is 10.8. The van der Waals surface area contributed by atoms with Crippen LogP contribution in [0.3, 0.4) is 0 Å². The third-order valence-corrected chi connectivity index (χ3v) is 9.24. The lowest BCUT2D eigenvalue weighted by Crippen LogP contribution is -2.64. The number of carboxylic acids is 1. The zero-order chi connectivity index (χ0) is 33.1. The maximum absolute atomic E-state index is 13.8. The van der Waals surface area contributed by atoms with Gasteiger partial charge in [-0.3, -0.25) is 14.4 Å². The number of halogens is 2. The molecule has 3 N–H and O–H groups in total. The van der Waals surface area contributed by atoms with Crippen LogP contribution in [0, 0.1) is 17.7 Å². The van der Waals surface area contributed by atoms with Crippen LogP contribution in [0.25, 0.3) is 0 Å². The summed E-state index contributed by atoms with van der Waals surface area (Å²) in [7, 11) is -4.16. The van der Waals surface area contributed by atoms with E-state index < -0.39 is 63.5 Å². The Balaban J connectivity index is 1.55. The summed E-state index contributed by atoms with van der Waals surface area (Å²) >= 11 is 5.93. The lowest BCUT2D eigenvalue weighted by Gasteiger charge is -2.48. The number of hydrogen-bond donors (Lipinski definition) is 2. The second kappa shape index (κ2) is 13.5. The van der Waals surface area contributed by atoms with E-state index in [1.807, 2.05) is 0 Å². The molecule has 1 heterocycles. The summed E-state index contributed by atoms with van der Waals surface area (Å²) in [4.78, 5) is 36.4. The van der Waals surface area contributed by atoms with Gasteiger partial charge in [-0.25, -0.2) is 12.8 Å². The number of rotatable bonds is 12. The number of sulfonamides is 1. The molecule has 0 aromatic heterocycles. The molecule has 1 aliphatic rings. The number of carbonyl (C=O) groups is 3. The molecule has 0 amide bonds. The fraction of sp³-hybridized carbons (Fsp3) is 0.323. The number of aliphatic carboxylic acids is 1. The molecular formula is C31H32ClFN2O9S. The third-order valence-electron chi connectivity index (χ3n) is 7.16. The van der Waals surface area contributed by atoms with Gasteiger partial charge in [-0.1, -0.05) is 67.9 Å². The Bertz CT molecular complexity index is 1680. The largest absolute Gasteiger partial charge is 0.481 e. The van der Waals surface area contributed by atoms with E-state index in [4.69, 9.17) is 31.5 Å². The van der Waals surface area contributed by atoms with E-state index in [2.05, 4.69) is 0 Å². The minimum Gasteiger partial charge on any atom is -0.481 e. The highest BCUT2D eigenvalue weighted by Gasteiger charge is 2.52. The van der Waals surface area contributed by atoms with Crippen molar-refractivity contribution in [1.29, 1.82) is 0 Å². The van der Waals surface area contributed by atoms with Gasteiger partial charge in [0.1, 0.15) is 11.6 Å². The van der Waals surface area contributed by atoms with Crippen molar-refractivity contribution in [2.24, 2.45) is 17.6 Å². The van der Waals surface area contributed by atoms with E-state index in [9.17, 15) is 32.3 Å². The van der Waals surface area contributed by atoms with Gasteiger partial charge in [0.25, 0.3) is 0 Å². The molecular weight excluding hydrogens is 631 g/mol. The number of nitrogens with zero attached hydrogens (tertiary/aromatic N) is 1. The zero-order valence-corrected chi connectivity index (χ0v) is 26.1. The van der Waals surface area contributed by atoms with Gasteiger partial charge in [-0.2, -0.15) is 4.31 Å². The minimum absolute atomic E-state index is 0.0410. The summed E-state index contributed by atoms with van der Waals surface area (Å²) in [6.45, 7) is 4.19. The molecule has 0 aliphatic carbocycles. The molecule has 3 aromatic carbocycles. The molecule has 2 unspecified atom stereocenters. The molecule has 1 saturated heterocycles. The van der Waals surface area contributed by atoms with Crippen molar-refractivity contribution in [2.75, 3.05) is 13.1 Å². The van der Waals surface area contributed by atoms with Gasteiger partial charge in [-0.05, 0) is 35.4 Å². The summed E-state index contributed by atoms with van der Waals surface area (Å²) in [6, 6.07) is 16.5. The highest BCUT2D eigenvalue weighted by atomic mass is 35.5. The van der Waals surface area contributed by atoms with Crippen LogP contribution in [-0.4, -0.2) is 55.1 Å². The van der Waals surface area contributed by atoms with Crippen molar-refractivity contribution in [1.82, 2.24) is 4.31 Å². The summed E-state index contributed by atoms with van der Waals surface area (Å²) < 4.78 is 58.5. The Kier molecular flexibility index (Phi) is 10.2. The molecule has 0 radical (unpaired) electrons. The maximum atomic E-state index is 13.8. The number of nitrogens with two attached hydrogens (primary N) is 1. The fourth-order valence-corrected chi connectivity index (χ4v) is 6.45. The van der Waals surface area contributed by atoms with Crippen LogP contribution in [0.5, 0.6) is 5.75 Å². The van der Waals surface area contributed by atoms with E-state index >= 15 is 0 Å². The quantitative estimate of drug-likeness (QED) is 0.163.